The molecular weight excluding hydrogens is 320 g/mol. The van der Waals surface area contributed by atoms with Crippen LogP contribution in [0, 0.1) is 5.92 Å². The van der Waals surface area contributed by atoms with Crippen molar-refractivity contribution in [1.82, 2.24) is 10.2 Å². The Morgan fingerprint density at radius 2 is 2.15 bits per heavy atom. The van der Waals surface area contributed by atoms with Crippen LogP contribution in [-0.4, -0.2) is 49.5 Å². The number of nitrogens with one attached hydrogen (secondary N) is 1. The van der Waals surface area contributed by atoms with Gasteiger partial charge < -0.3 is 11.1 Å². The number of hydrogen-bond donors (Lipinski definition) is 2. The molecule has 0 saturated heterocycles. The lowest BCUT2D eigenvalue weighted by Crippen LogP contribution is -2.44. The molecule has 0 amide bonds. The molecule has 1 fully saturated rings. The minimum Gasteiger partial charge on any atom is -0.386 e. The molecule has 0 spiro atoms. The number of aliphatic imine (C=N–C) groups is 1. The van der Waals surface area contributed by atoms with E-state index < -0.39 is 0 Å². The van der Waals surface area contributed by atoms with E-state index in [2.05, 4.69) is 55.8 Å². The highest BCUT2D eigenvalue weighted by Gasteiger charge is 2.34. The third-order valence-electron chi connectivity index (χ3n) is 4.63. The van der Waals surface area contributed by atoms with Gasteiger partial charge in [-0.25, -0.2) is 0 Å². The maximum Gasteiger partial charge on any atom is 0.108 e. The molecule has 1 aliphatic rings. The first-order chi connectivity index (χ1) is 12.5. The van der Waals surface area contributed by atoms with Crippen molar-refractivity contribution in [2.45, 2.75) is 52.1 Å². The van der Waals surface area contributed by atoms with E-state index in [0.717, 1.165) is 44.7 Å². The lowest BCUT2D eigenvalue weighted by molar-refractivity contribution is 0.288. The van der Waals surface area contributed by atoms with Crippen molar-refractivity contribution in [2.75, 3.05) is 26.7 Å². The summed E-state index contributed by atoms with van der Waals surface area (Å²) in [5.41, 5.74) is 7.56. The first-order valence-corrected chi connectivity index (χ1v) is 9.89. The second-order valence-corrected chi connectivity index (χ2v) is 7.03. The molecule has 0 aromatic heterocycles. The summed E-state index contributed by atoms with van der Waals surface area (Å²) in [7, 11) is 2.01. The van der Waals surface area contributed by atoms with E-state index in [1.165, 1.54) is 5.57 Å². The maximum atomic E-state index is 6.26. The average molecular weight is 359 g/mol. The Bertz CT molecular complexity index is 530. The highest BCUT2D eigenvalue weighted by molar-refractivity contribution is 5.82. The zero-order chi connectivity index (χ0) is 19.4. The average Bonchev–Trinajstić information content (AvgIpc) is 3.35. The molecule has 4 nitrogen and oxygen atoms in total. The highest BCUT2D eigenvalue weighted by atomic mass is 15.2. The van der Waals surface area contributed by atoms with E-state index >= 15 is 0 Å². The van der Waals surface area contributed by atoms with Crippen LogP contribution < -0.4 is 11.1 Å². The van der Waals surface area contributed by atoms with Crippen LogP contribution in [-0.2, 0) is 0 Å². The maximum absolute atomic E-state index is 6.26. The fourth-order valence-corrected chi connectivity index (χ4v) is 3.02. The first-order valence-electron chi connectivity index (χ1n) is 9.89. The number of nitrogens with zero attached hydrogens (tertiary/aromatic N) is 2. The summed E-state index contributed by atoms with van der Waals surface area (Å²) < 4.78 is 0. The van der Waals surface area contributed by atoms with Gasteiger partial charge in [0.15, 0.2) is 0 Å². The van der Waals surface area contributed by atoms with E-state index in [1.54, 1.807) is 6.08 Å². The summed E-state index contributed by atoms with van der Waals surface area (Å²) in [6.45, 7) is 12.9. The van der Waals surface area contributed by atoms with Crippen LogP contribution in [0.4, 0.5) is 0 Å². The van der Waals surface area contributed by atoms with Crippen molar-refractivity contribution < 1.29 is 0 Å². The molecule has 0 heterocycles. The second kappa shape index (κ2) is 12.7. The second-order valence-electron chi connectivity index (χ2n) is 7.03. The predicted molar refractivity (Wildman–Crippen MR) is 116 cm³/mol. The van der Waals surface area contributed by atoms with Crippen LogP contribution in [0.25, 0.3) is 0 Å². The number of nitrogens with two attached hydrogens (primary N) is 1. The Morgan fingerprint density at radius 3 is 2.77 bits per heavy atom. The smallest absolute Gasteiger partial charge is 0.108 e. The summed E-state index contributed by atoms with van der Waals surface area (Å²) in [4.78, 5) is 7.12. The molecule has 3 unspecified atom stereocenters. The lowest BCUT2D eigenvalue weighted by Gasteiger charge is -2.27. The van der Waals surface area contributed by atoms with Gasteiger partial charge in [-0.15, -0.1) is 0 Å². The fourth-order valence-electron chi connectivity index (χ4n) is 3.02. The first kappa shape index (κ1) is 22.4. The summed E-state index contributed by atoms with van der Waals surface area (Å²) in [5.74, 6) is 1.36. The van der Waals surface area contributed by atoms with E-state index in [-0.39, 0.29) is 0 Å². The molecule has 1 saturated carbocycles. The number of rotatable bonds is 13. The number of likely N-dealkylation sites (N-methyl/N-ethyl adjacent to an activating group) is 1. The number of allylic oxidation sites excluding steroid dienone is 5. The Kier molecular flexibility index (Phi) is 10.9. The third kappa shape index (κ3) is 8.63. The van der Waals surface area contributed by atoms with E-state index in [9.17, 15) is 0 Å². The largest absolute Gasteiger partial charge is 0.386 e. The molecule has 0 radical (unpaired) electrons. The van der Waals surface area contributed by atoms with Crippen molar-refractivity contribution in [3.63, 3.8) is 0 Å². The molecule has 0 aromatic rings. The lowest BCUT2D eigenvalue weighted by atomic mass is 10.1. The van der Waals surface area contributed by atoms with E-state index in [0.29, 0.717) is 18.0 Å². The van der Waals surface area contributed by atoms with Crippen LogP contribution in [0.3, 0.4) is 0 Å². The van der Waals surface area contributed by atoms with Gasteiger partial charge in [-0.1, -0.05) is 62.5 Å². The van der Waals surface area contributed by atoms with Gasteiger partial charge in [0.2, 0.25) is 0 Å². The van der Waals surface area contributed by atoms with Crippen molar-refractivity contribution in [1.29, 1.82) is 0 Å². The summed E-state index contributed by atoms with van der Waals surface area (Å²) in [6, 6.07) is 0.692. The molecule has 1 rings (SSSR count). The monoisotopic (exact) mass is 358 g/mol. The van der Waals surface area contributed by atoms with Crippen molar-refractivity contribution in [3.8, 4) is 0 Å². The van der Waals surface area contributed by atoms with E-state index in [4.69, 9.17) is 10.7 Å². The fraction of sp³-hybridized carbons (Fsp3) is 0.591. The summed E-state index contributed by atoms with van der Waals surface area (Å²) in [5, 5.41) is 3.41. The van der Waals surface area contributed by atoms with Gasteiger partial charge in [-0.3, -0.25) is 9.89 Å². The summed E-state index contributed by atoms with van der Waals surface area (Å²) >= 11 is 0. The Balaban J connectivity index is 2.63. The van der Waals surface area contributed by atoms with Gasteiger partial charge in [0.05, 0.1) is 12.6 Å². The number of amidine groups is 1. The van der Waals surface area contributed by atoms with Gasteiger partial charge in [-0.05, 0) is 39.8 Å². The van der Waals surface area contributed by atoms with E-state index in [1.807, 2.05) is 19.2 Å². The molecule has 0 aromatic carbocycles. The summed E-state index contributed by atoms with van der Waals surface area (Å²) in [6.07, 6.45) is 15.8. The van der Waals surface area contributed by atoms with Crippen molar-refractivity contribution in [2.24, 2.45) is 16.6 Å². The molecule has 4 heteroatoms. The van der Waals surface area contributed by atoms with Crippen LogP contribution >= 0.6 is 0 Å². The topological polar surface area (TPSA) is 53.6 Å². The predicted octanol–water partition coefficient (Wildman–Crippen LogP) is 3.69. The third-order valence-corrected chi connectivity index (χ3v) is 4.63. The molecule has 146 valence electrons. The number of hydrogen-bond acceptors (Lipinski definition) is 3. The standard InChI is InChI=1S/C22H38N4/c1-6-9-11-12-18(4)21(24-5)16-26(14-8-3)17-22(23)25-20-15-19(20)13-10-7-2/h6,9-13,19-21,24H,1,7-8,14-17H2,2-5H3,(H2,23,25)/b11-9-,13-10-,18-12+. The molecule has 0 aliphatic heterocycles. The molecule has 3 N–H and O–H groups in total. The molecule has 1 aliphatic carbocycles. The minimum absolute atomic E-state index is 0.296. The van der Waals surface area contributed by atoms with Crippen LogP contribution in [0.2, 0.25) is 0 Å². The Morgan fingerprint density at radius 1 is 1.38 bits per heavy atom. The normalized spacial score (nSPS) is 22.5. The van der Waals surface area contributed by atoms with Crippen molar-refractivity contribution >= 4 is 5.84 Å². The van der Waals surface area contributed by atoms with Crippen molar-refractivity contribution in [3.05, 3.63) is 48.6 Å². The zero-order valence-corrected chi connectivity index (χ0v) is 17.1. The zero-order valence-electron chi connectivity index (χ0n) is 17.1. The van der Waals surface area contributed by atoms with Gasteiger partial charge >= 0.3 is 0 Å². The highest BCUT2D eigenvalue weighted by Crippen LogP contribution is 2.35. The molecular formula is C22H38N4. The van der Waals surface area contributed by atoms with Gasteiger partial charge in [0, 0.05) is 18.5 Å². The van der Waals surface area contributed by atoms with Crippen LogP contribution in [0.15, 0.2) is 53.6 Å². The van der Waals surface area contributed by atoms with Crippen LogP contribution in [0.5, 0.6) is 0 Å². The van der Waals surface area contributed by atoms with Gasteiger partial charge in [0.25, 0.3) is 0 Å². The Labute approximate surface area is 160 Å². The molecule has 0 bridgehead atoms. The van der Waals surface area contributed by atoms with Gasteiger partial charge in [-0.2, -0.15) is 0 Å². The molecule has 3 atom stereocenters. The minimum atomic E-state index is 0.296. The SMILES string of the molecule is C=C/C=C\C=C(/C)C(CN(CCC)CC(N)=NC1CC1/C=C\CC)NC. The molecule has 26 heavy (non-hydrogen) atoms. The van der Waals surface area contributed by atoms with Gasteiger partial charge in [0.1, 0.15) is 5.84 Å². The Hall–Kier alpha value is -1.65. The van der Waals surface area contributed by atoms with Crippen LogP contribution in [0.1, 0.15) is 40.0 Å². The quantitative estimate of drug-likeness (QED) is 0.228.